The molecule has 7 nitrogen and oxygen atoms in total. The molecule has 2 aliphatic rings. The van der Waals surface area contributed by atoms with Crippen LogP contribution in [-0.2, 0) is 16.1 Å². The maximum absolute atomic E-state index is 12.5. The summed E-state index contributed by atoms with van der Waals surface area (Å²) in [6.07, 6.45) is 2.84. The highest BCUT2D eigenvalue weighted by Crippen LogP contribution is 2.28. The van der Waals surface area contributed by atoms with Gasteiger partial charge < -0.3 is 14.4 Å². The lowest BCUT2D eigenvalue weighted by Gasteiger charge is -2.37. The highest BCUT2D eigenvalue weighted by atomic mass is 16.2. The molecule has 0 saturated carbocycles. The van der Waals surface area contributed by atoms with Crippen LogP contribution in [0.2, 0.25) is 0 Å². The van der Waals surface area contributed by atoms with Crippen LogP contribution in [0.5, 0.6) is 0 Å². The lowest BCUT2D eigenvalue weighted by Crippen LogP contribution is -2.46. The molecule has 0 spiro atoms. The van der Waals surface area contributed by atoms with E-state index >= 15 is 0 Å². The number of urea groups is 1. The molecular formula is C14H18N4O3. The molecule has 1 N–H and O–H groups in total. The summed E-state index contributed by atoms with van der Waals surface area (Å²) in [5, 5.41) is 2.19. The van der Waals surface area contributed by atoms with E-state index < -0.39 is 6.03 Å². The Labute approximate surface area is 122 Å². The number of nitrogens with zero attached hydrogens (tertiary/aromatic N) is 3. The van der Waals surface area contributed by atoms with Gasteiger partial charge in [-0.2, -0.15) is 0 Å². The monoisotopic (exact) mass is 290 g/mol. The summed E-state index contributed by atoms with van der Waals surface area (Å²) in [6, 6.07) is 3.56. The first-order valence-corrected chi connectivity index (χ1v) is 7.13. The molecule has 7 heteroatoms. The molecule has 4 amide bonds. The minimum absolute atomic E-state index is 0.0302. The fourth-order valence-corrected chi connectivity index (χ4v) is 3.06. The second-order valence-corrected chi connectivity index (χ2v) is 5.35. The first-order chi connectivity index (χ1) is 10.1. The third kappa shape index (κ3) is 2.39. The summed E-state index contributed by atoms with van der Waals surface area (Å²) in [7, 11) is 0. The van der Waals surface area contributed by atoms with Crippen LogP contribution in [0.15, 0.2) is 18.3 Å². The summed E-state index contributed by atoms with van der Waals surface area (Å²) in [6.45, 7) is 3.35. The molecule has 1 fully saturated rings. The molecule has 3 heterocycles. The Bertz CT molecular complexity index is 595. The van der Waals surface area contributed by atoms with Gasteiger partial charge in [-0.15, -0.1) is 0 Å². The predicted molar refractivity (Wildman–Crippen MR) is 74.3 cm³/mol. The van der Waals surface area contributed by atoms with Crippen molar-refractivity contribution in [3.63, 3.8) is 0 Å². The predicted octanol–water partition coefficient (Wildman–Crippen LogP) is 0.333. The quantitative estimate of drug-likeness (QED) is 0.815. The van der Waals surface area contributed by atoms with Crippen LogP contribution in [0.1, 0.15) is 25.1 Å². The minimum atomic E-state index is -0.484. The Morgan fingerprint density at radius 3 is 2.86 bits per heavy atom. The first kappa shape index (κ1) is 13.7. The van der Waals surface area contributed by atoms with Gasteiger partial charge in [-0.05, 0) is 18.6 Å². The largest absolute Gasteiger partial charge is 0.348 e. The van der Waals surface area contributed by atoms with Crippen LogP contribution in [0.3, 0.4) is 0 Å². The molecule has 1 aromatic heterocycles. The van der Waals surface area contributed by atoms with Crippen molar-refractivity contribution < 1.29 is 14.4 Å². The van der Waals surface area contributed by atoms with Crippen molar-refractivity contribution in [2.24, 2.45) is 0 Å². The Morgan fingerprint density at radius 1 is 1.38 bits per heavy atom. The van der Waals surface area contributed by atoms with Crippen molar-refractivity contribution in [1.82, 2.24) is 19.7 Å². The van der Waals surface area contributed by atoms with Gasteiger partial charge >= 0.3 is 6.03 Å². The zero-order valence-electron chi connectivity index (χ0n) is 11.9. The maximum Gasteiger partial charge on any atom is 0.325 e. The number of hydrogen-bond acceptors (Lipinski definition) is 3. The normalized spacial score (nSPS) is 21.5. The molecule has 1 aromatic rings. The molecule has 0 bridgehead atoms. The van der Waals surface area contributed by atoms with Gasteiger partial charge in [0, 0.05) is 25.0 Å². The summed E-state index contributed by atoms with van der Waals surface area (Å²) in [4.78, 5) is 38.3. The molecule has 112 valence electrons. The first-order valence-electron chi connectivity index (χ1n) is 7.13. The van der Waals surface area contributed by atoms with Gasteiger partial charge in [0.2, 0.25) is 11.8 Å². The van der Waals surface area contributed by atoms with Crippen LogP contribution >= 0.6 is 0 Å². The van der Waals surface area contributed by atoms with Gasteiger partial charge in [-0.25, -0.2) is 4.79 Å². The Hall–Kier alpha value is -2.31. The van der Waals surface area contributed by atoms with E-state index in [1.165, 1.54) is 4.90 Å². The Morgan fingerprint density at radius 2 is 2.19 bits per heavy atom. The second kappa shape index (κ2) is 5.23. The van der Waals surface area contributed by atoms with Crippen LogP contribution in [0.25, 0.3) is 0 Å². The zero-order valence-corrected chi connectivity index (χ0v) is 11.9. The van der Waals surface area contributed by atoms with E-state index in [2.05, 4.69) is 9.88 Å². The van der Waals surface area contributed by atoms with Crippen molar-refractivity contribution >= 4 is 17.8 Å². The molecular weight excluding hydrogens is 272 g/mol. The molecule has 1 unspecified atom stereocenters. The van der Waals surface area contributed by atoms with Crippen LogP contribution in [0, 0.1) is 0 Å². The smallest absolute Gasteiger partial charge is 0.325 e. The fraction of sp³-hybridized carbons (Fsp3) is 0.500. The number of carbonyl (C=O) groups excluding carboxylic acids is 3. The van der Waals surface area contributed by atoms with Crippen molar-refractivity contribution in [3.05, 3.63) is 24.0 Å². The van der Waals surface area contributed by atoms with E-state index in [4.69, 9.17) is 0 Å². The van der Waals surface area contributed by atoms with E-state index in [1.54, 1.807) is 0 Å². The van der Waals surface area contributed by atoms with E-state index in [0.717, 1.165) is 18.7 Å². The van der Waals surface area contributed by atoms with Crippen molar-refractivity contribution in [3.8, 4) is 0 Å². The second-order valence-electron chi connectivity index (χ2n) is 5.35. The fourth-order valence-electron chi connectivity index (χ4n) is 3.06. The molecule has 0 aromatic carbocycles. The number of hydrogen-bond donors (Lipinski definition) is 1. The summed E-state index contributed by atoms with van der Waals surface area (Å²) in [5.74, 6) is -0.466. The van der Waals surface area contributed by atoms with Crippen LogP contribution in [-0.4, -0.2) is 51.8 Å². The van der Waals surface area contributed by atoms with Crippen molar-refractivity contribution in [1.29, 1.82) is 0 Å². The van der Waals surface area contributed by atoms with E-state index in [1.807, 2.05) is 30.2 Å². The molecule has 0 aliphatic carbocycles. The number of fused-ring (bicyclic) bond motifs is 1. The topological polar surface area (TPSA) is 74.7 Å². The number of imide groups is 1. The SMILES string of the molecule is CCC1c2cccn2CCN1C(=O)CN1CC(=O)NC1=O. The lowest BCUT2D eigenvalue weighted by atomic mass is 10.1. The molecule has 3 rings (SSSR count). The highest BCUT2D eigenvalue weighted by Gasteiger charge is 2.33. The average Bonchev–Trinajstić information content (AvgIpc) is 3.04. The van der Waals surface area contributed by atoms with Gasteiger partial charge in [0.1, 0.15) is 13.1 Å². The summed E-state index contributed by atoms with van der Waals surface area (Å²) < 4.78 is 2.16. The lowest BCUT2D eigenvalue weighted by molar-refractivity contribution is -0.135. The molecule has 1 saturated heterocycles. The van der Waals surface area contributed by atoms with Gasteiger partial charge in [0.05, 0.1) is 6.04 Å². The van der Waals surface area contributed by atoms with Crippen molar-refractivity contribution in [2.45, 2.75) is 25.9 Å². The Kier molecular flexibility index (Phi) is 3.40. The molecule has 21 heavy (non-hydrogen) atoms. The van der Waals surface area contributed by atoms with Crippen molar-refractivity contribution in [2.75, 3.05) is 19.6 Å². The van der Waals surface area contributed by atoms with Gasteiger partial charge in [-0.1, -0.05) is 6.92 Å². The average molecular weight is 290 g/mol. The van der Waals surface area contributed by atoms with Gasteiger partial charge in [0.15, 0.2) is 0 Å². The number of nitrogens with one attached hydrogen (secondary N) is 1. The van der Waals surface area contributed by atoms with E-state index in [0.29, 0.717) is 6.54 Å². The van der Waals surface area contributed by atoms with Gasteiger partial charge in [0.25, 0.3) is 0 Å². The standard InChI is InChI=1S/C14H18N4O3/c1-2-10-11-4-3-5-16(11)6-7-18(10)13(20)9-17-8-12(19)15-14(17)21/h3-5,10H,2,6-9H2,1H3,(H,15,19,21). The minimum Gasteiger partial charge on any atom is -0.348 e. The van der Waals surface area contributed by atoms with Crippen LogP contribution in [0.4, 0.5) is 4.79 Å². The molecule has 1 atom stereocenters. The third-order valence-electron chi connectivity index (χ3n) is 4.07. The maximum atomic E-state index is 12.5. The Balaban J connectivity index is 1.73. The third-order valence-corrected chi connectivity index (χ3v) is 4.07. The summed E-state index contributed by atoms with van der Waals surface area (Å²) in [5.41, 5.74) is 1.12. The van der Waals surface area contributed by atoms with E-state index in [-0.39, 0.29) is 30.9 Å². The zero-order chi connectivity index (χ0) is 15.0. The van der Waals surface area contributed by atoms with Crippen LogP contribution < -0.4 is 5.32 Å². The summed E-state index contributed by atoms with van der Waals surface area (Å²) >= 11 is 0. The van der Waals surface area contributed by atoms with E-state index in [9.17, 15) is 14.4 Å². The van der Waals surface area contributed by atoms with Gasteiger partial charge in [-0.3, -0.25) is 14.9 Å². The molecule has 0 radical (unpaired) electrons. The highest BCUT2D eigenvalue weighted by molar-refractivity contribution is 6.03. The number of carbonyl (C=O) groups is 3. The number of rotatable bonds is 3. The molecule has 2 aliphatic heterocycles. The number of amides is 4. The number of aromatic nitrogens is 1.